The molecule has 0 unspecified atom stereocenters. The molecule has 0 atom stereocenters. The summed E-state index contributed by atoms with van der Waals surface area (Å²) in [6.45, 7) is 0. The molecule has 7 heteroatoms. The number of anilines is 3. The number of ether oxygens (including phenoxy) is 1. The molecule has 1 aromatic carbocycles. The molecule has 3 N–H and O–H groups in total. The minimum absolute atomic E-state index is 0.151. The van der Waals surface area contributed by atoms with E-state index in [-0.39, 0.29) is 5.75 Å². The fourth-order valence-corrected chi connectivity index (χ4v) is 1.91. The number of nitrogen functional groups attached to an aromatic ring is 1. The Labute approximate surface area is 114 Å². The van der Waals surface area contributed by atoms with E-state index in [9.17, 15) is 4.39 Å². The van der Waals surface area contributed by atoms with Crippen LogP contribution in [-0.2, 0) is 0 Å². The van der Waals surface area contributed by atoms with Crippen LogP contribution in [0.2, 0.25) is 0 Å². The summed E-state index contributed by atoms with van der Waals surface area (Å²) in [6, 6.07) is 4.44. The molecular formula is C13H12FN5O. The summed E-state index contributed by atoms with van der Waals surface area (Å²) in [5, 5.41) is 3.05. The van der Waals surface area contributed by atoms with Gasteiger partial charge in [-0.05, 0) is 12.1 Å². The zero-order valence-electron chi connectivity index (χ0n) is 10.7. The highest BCUT2D eigenvalue weighted by Crippen LogP contribution is 2.25. The summed E-state index contributed by atoms with van der Waals surface area (Å²) in [5.41, 5.74) is 6.99. The highest BCUT2D eigenvalue weighted by molar-refractivity contribution is 5.71. The third kappa shape index (κ3) is 2.09. The van der Waals surface area contributed by atoms with Gasteiger partial charge in [0.2, 0.25) is 0 Å². The molecule has 102 valence electrons. The number of hydrogen-bond acceptors (Lipinski definition) is 5. The minimum atomic E-state index is -0.426. The van der Waals surface area contributed by atoms with Gasteiger partial charge in [0.1, 0.15) is 5.82 Å². The number of imidazole rings is 1. The van der Waals surface area contributed by atoms with E-state index in [1.807, 2.05) is 0 Å². The molecule has 0 aliphatic heterocycles. The van der Waals surface area contributed by atoms with Crippen LogP contribution in [0.4, 0.5) is 21.7 Å². The summed E-state index contributed by atoms with van der Waals surface area (Å²) in [5.74, 6) is 0.568. The highest BCUT2D eigenvalue weighted by Gasteiger charge is 2.08. The number of aromatic nitrogens is 3. The van der Waals surface area contributed by atoms with Crippen molar-refractivity contribution < 1.29 is 9.13 Å². The zero-order valence-corrected chi connectivity index (χ0v) is 10.7. The second kappa shape index (κ2) is 4.69. The van der Waals surface area contributed by atoms with Gasteiger partial charge in [0, 0.05) is 24.1 Å². The van der Waals surface area contributed by atoms with E-state index in [1.54, 1.807) is 35.1 Å². The first-order chi connectivity index (χ1) is 9.67. The van der Waals surface area contributed by atoms with Crippen LogP contribution >= 0.6 is 0 Å². The van der Waals surface area contributed by atoms with Crippen molar-refractivity contribution in [3.05, 3.63) is 42.6 Å². The molecule has 0 amide bonds. The molecule has 20 heavy (non-hydrogen) atoms. The molecule has 3 aromatic rings. The lowest BCUT2D eigenvalue weighted by molar-refractivity contribution is 0.387. The zero-order chi connectivity index (χ0) is 14.1. The van der Waals surface area contributed by atoms with Crippen molar-refractivity contribution in [1.82, 2.24) is 14.4 Å². The van der Waals surface area contributed by atoms with Crippen molar-refractivity contribution in [2.75, 3.05) is 18.2 Å². The van der Waals surface area contributed by atoms with E-state index < -0.39 is 5.82 Å². The van der Waals surface area contributed by atoms with Crippen LogP contribution in [0, 0.1) is 5.82 Å². The normalized spacial score (nSPS) is 10.7. The van der Waals surface area contributed by atoms with Crippen molar-refractivity contribution in [3.63, 3.8) is 0 Å². The number of nitrogens with two attached hydrogens (primary N) is 1. The van der Waals surface area contributed by atoms with Gasteiger partial charge in [-0.3, -0.25) is 0 Å². The molecule has 3 rings (SSSR count). The predicted molar refractivity (Wildman–Crippen MR) is 73.6 cm³/mol. The van der Waals surface area contributed by atoms with Gasteiger partial charge in [-0.15, -0.1) is 0 Å². The number of halogens is 1. The average molecular weight is 273 g/mol. The van der Waals surface area contributed by atoms with Crippen molar-refractivity contribution in [2.24, 2.45) is 0 Å². The molecule has 0 aliphatic rings. The van der Waals surface area contributed by atoms with Gasteiger partial charge in [0.05, 0.1) is 13.3 Å². The largest absolute Gasteiger partial charge is 0.494 e. The van der Waals surface area contributed by atoms with Crippen LogP contribution in [0.25, 0.3) is 5.65 Å². The van der Waals surface area contributed by atoms with Gasteiger partial charge in [0.25, 0.3) is 0 Å². The number of nitrogens with zero attached hydrogens (tertiary/aromatic N) is 3. The molecule has 0 saturated carbocycles. The maximum Gasteiger partial charge on any atom is 0.180 e. The van der Waals surface area contributed by atoms with E-state index in [4.69, 9.17) is 10.5 Å². The van der Waals surface area contributed by atoms with Gasteiger partial charge in [-0.1, -0.05) is 0 Å². The fourth-order valence-electron chi connectivity index (χ4n) is 1.91. The van der Waals surface area contributed by atoms with E-state index in [1.165, 1.54) is 13.2 Å². The first kappa shape index (κ1) is 12.2. The average Bonchev–Trinajstić information content (AvgIpc) is 2.89. The molecule has 0 spiro atoms. The van der Waals surface area contributed by atoms with Crippen LogP contribution in [0.5, 0.6) is 5.75 Å². The van der Waals surface area contributed by atoms with Gasteiger partial charge in [-0.25, -0.2) is 14.4 Å². The molecule has 0 radical (unpaired) electrons. The third-order valence-electron chi connectivity index (χ3n) is 2.81. The molecule has 0 bridgehead atoms. The Balaban J connectivity index is 2.02. The van der Waals surface area contributed by atoms with Crippen molar-refractivity contribution in [1.29, 1.82) is 0 Å². The van der Waals surface area contributed by atoms with Gasteiger partial charge < -0.3 is 20.2 Å². The Hall–Kier alpha value is -2.83. The molecular weight excluding hydrogens is 261 g/mol. The Morgan fingerprint density at radius 1 is 1.40 bits per heavy atom. The number of fused-ring (bicyclic) bond motifs is 1. The summed E-state index contributed by atoms with van der Waals surface area (Å²) in [6.07, 6.45) is 5.08. The van der Waals surface area contributed by atoms with Crippen LogP contribution < -0.4 is 15.8 Å². The number of benzene rings is 1. The first-order valence-corrected chi connectivity index (χ1v) is 5.87. The van der Waals surface area contributed by atoms with Gasteiger partial charge >= 0.3 is 0 Å². The third-order valence-corrected chi connectivity index (χ3v) is 2.81. The van der Waals surface area contributed by atoms with Gasteiger partial charge in [-0.2, -0.15) is 0 Å². The highest BCUT2D eigenvalue weighted by atomic mass is 19.1. The second-order valence-corrected chi connectivity index (χ2v) is 4.15. The standard InChI is InChI=1S/C13H12FN5O/c1-20-10-6-8(2-3-9(10)14)17-12-13-16-4-5-19(13)7-11(15)18-12/h2-7H,15H2,1H3,(H,17,18). The summed E-state index contributed by atoms with van der Waals surface area (Å²) < 4.78 is 20.1. The second-order valence-electron chi connectivity index (χ2n) is 4.15. The van der Waals surface area contributed by atoms with E-state index in [2.05, 4.69) is 15.3 Å². The molecule has 0 aliphatic carbocycles. The lowest BCUT2D eigenvalue weighted by atomic mass is 10.3. The SMILES string of the molecule is COc1cc(Nc2nc(N)cn3ccnc23)ccc1F. The summed E-state index contributed by atoms with van der Waals surface area (Å²) in [4.78, 5) is 8.39. The van der Waals surface area contributed by atoms with E-state index in [0.717, 1.165) is 0 Å². The van der Waals surface area contributed by atoms with Crippen molar-refractivity contribution in [2.45, 2.75) is 0 Å². The number of methoxy groups -OCH3 is 1. The Morgan fingerprint density at radius 2 is 2.25 bits per heavy atom. The smallest absolute Gasteiger partial charge is 0.180 e. The van der Waals surface area contributed by atoms with Crippen LogP contribution in [0.15, 0.2) is 36.8 Å². The summed E-state index contributed by atoms with van der Waals surface area (Å²) in [7, 11) is 1.41. The molecule has 2 heterocycles. The summed E-state index contributed by atoms with van der Waals surface area (Å²) >= 11 is 0. The van der Waals surface area contributed by atoms with E-state index in [0.29, 0.717) is 23.0 Å². The molecule has 2 aromatic heterocycles. The molecule has 0 fully saturated rings. The predicted octanol–water partition coefficient (Wildman–Crippen LogP) is 2.20. The number of hydrogen-bond donors (Lipinski definition) is 2. The van der Waals surface area contributed by atoms with Crippen LogP contribution in [0.1, 0.15) is 0 Å². The maximum atomic E-state index is 13.4. The monoisotopic (exact) mass is 273 g/mol. The minimum Gasteiger partial charge on any atom is -0.494 e. The Morgan fingerprint density at radius 3 is 3.05 bits per heavy atom. The fraction of sp³-hybridized carbons (Fsp3) is 0.0769. The Kier molecular flexibility index (Phi) is 2.86. The molecule has 6 nitrogen and oxygen atoms in total. The Bertz CT molecular complexity index is 771. The van der Waals surface area contributed by atoms with E-state index >= 15 is 0 Å². The quantitative estimate of drug-likeness (QED) is 0.765. The van der Waals surface area contributed by atoms with Gasteiger partial charge in [0.15, 0.2) is 23.0 Å². The van der Waals surface area contributed by atoms with Crippen LogP contribution in [0.3, 0.4) is 0 Å². The topological polar surface area (TPSA) is 77.5 Å². The van der Waals surface area contributed by atoms with Crippen molar-refractivity contribution in [3.8, 4) is 5.75 Å². The maximum absolute atomic E-state index is 13.4. The lowest BCUT2D eigenvalue weighted by Crippen LogP contribution is -2.02. The van der Waals surface area contributed by atoms with Crippen molar-refractivity contribution >= 4 is 23.0 Å². The lowest BCUT2D eigenvalue weighted by Gasteiger charge is -2.09. The number of rotatable bonds is 3. The molecule has 0 saturated heterocycles. The first-order valence-electron chi connectivity index (χ1n) is 5.87. The van der Waals surface area contributed by atoms with Crippen LogP contribution in [-0.4, -0.2) is 21.5 Å². The number of nitrogens with one attached hydrogen (secondary N) is 1.